The van der Waals surface area contributed by atoms with E-state index in [0.29, 0.717) is 28.9 Å². The SMILES string of the molecule is COc1ccc(C(C)(C)C)cc1NC(=O)C(=O)c1ccc(Nc2ccnc(NCc3ccccc3)c2)c2ccccc12. The van der Waals surface area contributed by atoms with E-state index in [1.807, 2.05) is 72.8 Å². The molecule has 0 radical (unpaired) electrons. The number of pyridine rings is 1. The molecular formula is C35H34N4O3. The third-order valence-corrected chi connectivity index (χ3v) is 7.04. The number of aromatic nitrogens is 1. The number of Topliss-reactive ketones (excluding diaryl/α,β-unsaturated/α-hetero) is 1. The molecule has 5 rings (SSSR count). The summed E-state index contributed by atoms with van der Waals surface area (Å²) in [6.45, 7) is 6.91. The first kappa shape index (κ1) is 28.4. The Hall–Kier alpha value is -5.17. The smallest absolute Gasteiger partial charge is 0.296 e. The van der Waals surface area contributed by atoms with Gasteiger partial charge in [0.15, 0.2) is 0 Å². The molecule has 0 spiro atoms. The molecule has 0 saturated heterocycles. The van der Waals surface area contributed by atoms with Gasteiger partial charge in [0.25, 0.3) is 11.7 Å². The molecule has 0 bridgehead atoms. The second-order valence-corrected chi connectivity index (χ2v) is 11.0. The highest BCUT2D eigenvalue weighted by Crippen LogP contribution is 2.33. The van der Waals surface area contributed by atoms with Gasteiger partial charge in [0.1, 0.15) is 11.6 Å². The van der Waals surface area contributed by atoms with Gasteiger partial charge >= 0.3 is 0 Å². The number of amides is 1. The lowest BCUT2D eigenvalue weighted by Gasteiger charge is -2.21. The van der Waals surface area contributed by atoms with Gasteiger partial charge in [-0.05, 0) is 52.3 Å². The van der Waals surface area contributed by atoms with E-state index in [0.717, 1.165) is 33.7 Å². The summed E-state index contributed by atoms with van der Waals surface area (Å²) < 4.78 is 5.44. The van der Waals surface area contributed by atoms with E-state index in [2.05, 4.69) is 53.8 Å². The van der Waals surface area contributed by atoms with Crippen molar-refractivity contribution in [1.29, 1.82) is 0 Å². The number of methoxy groups -OCH3 is 1. The normalized spacial score (nSPS) is 11.1. The Morgan fingerprint density at radius 2 is 1.55 bits per heavy atom. The van der Waals surface area contributed by atoms with Crippen LogP contribution in [0.15, 0.2) is 103 Å². The zero-order chi connectivity index (χ0) is 29.7. The van der Waals surface area contributed by atoms with Crippen LogP contribution in [0, 0.1) is 0 Å². The van der Waals surface area contributed by atoms with Gasteiger partial charge in [0.2, 0.25) is 0 Å². The average Bonchev–Trinajstić information content (AvgIpc) is 3.00. The minimum absolute atomic E-state index is 0.137. The summed E-state index contributed by atoms with van der Waals surface area (Å²) in [5.41, 5.74) is 4.47. The highest BCUT2D eigenvalue weighted by atomic mass is 16.5. The van der Waals surface area contributed by atoms with E-state index >= 15 is 0 Å². The van der Waals surface area contributed by atoms with Crippen LogP contribution < -0.4 is 20.7 Å². The molecule has 1 aromatic heterocycles. The van der Waals surface area contributed by atoms with E-state index in [4.69, 9.17) is 4.74 Å². The van der Waals surface area contributed by atoms with Crippen molar-refractivity contribution in [3.8, 4) is 5.75 Å². The topological polar surface area (TPSA) is 92.3 Å². The molecular weight excluding hydrogens is 524 g/mol. The minimum atomic E-state index is -0.728. The maximum absolute atomic E-state index is 13.5. The third kappa shape index (κ3) is 6.41. The molecule has 7 heteroatoms. The Balaban J connectivity index is 1.37. The molecule has 0 aliphatic carbocycles. The van der Waals surface area contributed by atoms with Crippen LogP contribution in [0.2, 0.25) is 0 Å². The number of hydrogen-bond acceptors (Lipinski definition) is 6. The molecule has 212 valence electrons. The number of rotatable bonds is 9. The van der Waals surface area contributed by atoms with Crippen LogP contribution in [-0.4, -0.2) is 23.8 Å². The van der Waals surface area contributed by atoms with Gasteiger partial charge in [0.05, 0.1) is 12.8 Å². The number of fused-ring (bicyclic) bond motifs is 1. The van der Waals surface area contributed by atoms with Gasteiger partial charge in [-0.1, -0.05) is 81.4 Å². The fourth-order valence-corrected chi connectivity index (χ4v) is 4.73. The number of nitrogens with one attached hydrogen (secondary N) is 3. The molecule has 1 amide bonds. The molecule has 0 aliphatic heterocycles. The molecule has 0 atom stereocenters. The van der Waals surface area contributed by atoms with Gasteiger partial charge < -0.3 is 20.7 Å². The van der Waals surface area contributed by atoms with E-state index in [1.165, 1.54) is 7.11 Å². The van der Waals surface area contributed by atoms with Crippen molar-refractivity contribution in [3.05, 3.63) is 120 Å². The third-order valence-electron chi connectivity index (χ3n) is 7.04. The lowest BCUT2D eigenvalue weighted by atomic mass is 9.87. The van der Waals surface area contributed by atoms with Crippen LogP contribution >= 0.6 is 0 Å². The predicted molar refractivity (Wildman–Crippen MR) is 170 cm³/mol. The largest absolute Gasteiger partial charge is 0.495 e. The van der Waals surface area contributed by atoms with Crippen LogP contribution in [0.3, 0.4) is 0 Å². The lowest BCUT2D eigenvalue weighted by Crippen LogP contribution is -2.24. The highest BCUT2D eigenvalue weighted by molar-refractivity contribution is 6.48. The first-order valence-corrected chi connectivity index (χ1v) is 13.8. The molecule has 1 heterocycles. The fraction of sp³-hybridized carbons (Fsp3) is 0.171. The summed E-state index contributed by atoms with van der Waals surface area (Å²) in [6, 6.07) is 30.6. The maximum Gasteiger partial charge on any atom is 0.296 e. The Kier molecular flexibility index (Phi) is 8.20. The van der Waals surface area contributed by atoms with E-state index in [9.17, 15) is 9.59 Å². The molecule has 5 aromatic rings. The molecule has 3 N–H and O–H groups in total. The molecule has 0 fully saturated rings. The Labute approximate surface area is 246 Å². The first-order chi connectivity index (χ1) is 20.2. The number of ketones is 1. The Morgan fingerprint density at radius 1 is 0.810 bits per heavy atom. The summed E-state index contributed by atoms with van der Waals surface area (Å²) in [6.07, 6.45) is 1.74. The van der Waals surface area contributed by atoms with Crippen molar-refractivity contribution in [1.82, 2.24) is 4.98 Å². The van der Waals surface area contributed by atoms with Crippen LogP contribution in [0.5, 0.6) is 5.75 Å². The number of hydrogen-bond donors (Lipinski definition) is 3. The summed E-state index contributed by atoms with van der Waals surface area (Å²) in [7, 11) is 1.54. The molecule has 0 unspecified atom stereocenters. The van der Waals surface area contributed by atoms with Crippen molar-refractivity contribution in [2.24, 2.45) is 0 Å². The van der Waals surface area contributed by atoms with Crippen LogP contribution in [-0.2, 0) is 16.8 Å². The van der Waals surface area contributed by atoms with E-state index in [1.54, 1.807) is 18.3 Å². The van der Waals surface area contributed by atoms with Crippen molar-refractivity contribution in [2.45, 2.75) is 32.7 Å². The van der Waals surface area contributed by atoms with Crippen molar-refractivity contribution >= 4 is 45.3 Å². The Morgan fingerprint density at radius 3 is 2.29 bits per heavy atom. The molecule has 42 heavy (non-hydrogen) atoms. The number of benzene rings is 4. The van der Waals surface area contributed by atoms with Crippen molar-refractivity contribution < 1.29 is 14.3 Å². The number of carbonyl (C=O) groups excluding carboxylic acids is 2. The zero-order valence-electron chi connectivity index (χ0n) is 24.2. The highest BCUT2D eigenvalue weighted by Gasteiger charge is 2.23. The molecule has 4 aromatic carbocycles. The zero-order valence-corrected chi connectivity index (χ0v) is 24.2. The van der Waals surface area contributed by atoms with Crippen LogP contribution in [0.25, 0.3) is 10.8 Å². The van der Waals surface area contributed by atoms with Gasteiger partial charge in [-0.25, -0.2) is 4.98 Å². The van der Waals surface area contributed by atoms with Crippen LogP contribution in [0.4, 0.5) is 22.9 Å². The van der Waals surface area contributed by atoms with Crippen molar-refractivity contribution in [3.63, 3.8) is 0 Å². The average molecular weight is 559 g/mol. The number of anilines is 4. The van der Waals surface area contributed by atoms with E-state index in [-0.39, 0.29) is 5.41 Å². The quantitative estimate of drug-likeness (QED) is 0.127. The minimum Gasteiger partial charge on any atom is -0.495 e. The van der Waals surface area contributed by atoms with Gasteiger partial charge in [-0.2, -0.15) is 0 Å². The van der Waals surface area contributed by atoms with Gasteiger partial charge in [-0.3, -0.25) is 9.59 Å². The number of ether oxygens (including phenoxy) is 1. The standard InChI is InChI=1S/C35H34N4O3/c1-35(2,3)24-14-17-31(42-4)30(20-24)39-34(41)33(40)28-15-16-29(27-13-9-8-12-26(27)28)38-25-18-19-36-32(21-25)37-22-23-10-6-5-7-11-23/h5-21H,22H2,1-4H3,(H,39,41)(H2,36,37,38). The summed E-state index contributed by atoms with van der Waals surface area (Å²) in [4.78, 5) is 31.1. The lowest BCUT2D eigenvalue weighted by molar-refractivity contribution is -0.112. The maximum atomic E-state index is 13.5. The summed E-state index contributed by atoms with van der Waals surface area (Å²) in [5.74, 6) is -0.128. The predicted octanol–water partition coefficient (Wildman–Crippen LogP) is 7.72. The molecule has 7 nitrogen and oxygen atoms in total. The Bertz CT molecular complexity index is 1740. The van der Waals surface area contributed by atoms with Crippen LogP contribution in [0.1, 0.15) is 42.3 Å². The summed E-state index contributed by atoms with van der Waals surface area (Å²) >= 11 is 0. The molecule has 0 aliphatic rings. The van der Waals surface area contributed by atoms with Gasteiger partial charge in [-0.15, -0.1) is 0 Å². The number of carbonyl (C=O) groups is 2. The first-order valence-electron chi connectivity index (χ1n) is 13.8. The van der Waals surface area contributed by atoms with E-state index < -0.39 is 11.7 Å². The second-order valence-electron chi connectivity index (χ2n) is 11.0. The fourth-order valence-electron chi connectivity index (χ4n) is 4.73. The number of nitrogens with zero attached hydrogens (tertiary/aromatic N) is 1. The second kappa shape index (κ2) is 12.1. The van der Waals surface area contributed by atoms with Crippen molar-refractivity contribution in [2.75, 3.05) is 23.1 Å². The summed E-state index contributed by atoms with van der Waals surface area (Å²) in [5, 5.41) is 11.1. The molecule has 0 saturated carbocycles. The van der Waals surface area contributed by atoms with Gasteiger partial charge in [0, 0.05) is 41.1 Å². The monoisotopic (exact) mass is 558 g/mol.